The molecule has 1 fully saturated rings. The third kappa shape index (κ3) is 3.72. The fourth-order valence-electron chi connectivity index (χ4n) is 2.06. The molecular weight excluding hydrogens is 381 g/mol. The predicted molar refractivity (Wildman–Crippen MR) is 89.9 cm³/mol. The number of allylic oxidation sites excluding steroid dienone is 2. The topological polar surface area (TPSA) is 46.6 Å². The summed E-state index contributed by atoms with van der Waals surface area (Å²) in [6, 6.07) is 9.40. The molecule has 1 aromatic carbocycles. The first-order valence-electron chi connectivity index (χ1n) is 6.68. The maximum absolute atomic E-state index is 12.5. The van der Waals surface area contributed by atoms with E-state index in [-0.39, 0.29) is 5.78 Å². The Hall–Kier alpha value is -1.63. The summed E-state index contributed by atoms with van der Waals surface area (Å²) in [6.07, 6.45) is 2.31. The van der Waals surface area contributed by atoms with Crippen LogP contribution in [0.25, 0.3) is 5.57 Å². The number of Topliss-reactive ketones (excluding diaryl/α,β-unsaturated/α-hetero) is 1. The second kappa shape index (κ2) is 7.40. The fraction of sp³-hybridized carbons (Fsp3) is 0.250. The van der Waals surface area contributed by atoms with Gasteiger partial charge in [0.25, 0.3) is 0 Å². The van der Waals surface area contributed by atoms with E-state index in [4.69, 9.17) is 4.74 Å². The van der Waals surface area contributed by atoms with Crippen LogP contribution in [0.15, 0.2) is 46.7 Å². The molecule has 0 atom stereocenters. The average Bonchev–Trinajstić information content (AvgIpc) is 2.92. The van der Waals surface area contributed by atoms with E-state index in [0.717, 1.165) is 5.56 Å². The standard InChI is InChI=1S/C16H16INO3/c1-2-3-9-13(19)14(12-7-5-4-6-8-12)15(17)18-10-11-21-16(18)20/h2,4-8H,1,3,9-11H2/b15-14+. The number of carbonyl (C=O) groups excluding carboxylic acids is 2. The average molecular weight is 397 g/mol. The minimum atomic E-state index is -0.399. The molecule has 0 aromatic heterocycles. The number of carbonyl (C=O) groups is 2. The third-order valence-electron chi connectivity index (χ3n) is 3.12. The summed E-state index contributed by atoms with van der Waals surface area (Å²) in [5, 5.41) is 0. The van der Waals surface area contributed by atoms with Crippen molar-refractivity contribution < 1.29 is 14.3 Å². The van der Waals surface area contributed by atoms with Crippen LogP contribution in [-0.2, 0) is 9.53 Å². The molecule has 1 aliphatic rings. The minimum absolute atomic E-state index is 0.00481. The van der Waals surface area contributed by atoms with Crippen LogP contribution in [0.1, 0.15) is 18.4 Å². The van der Waals surface area contributed by atoms with Crippen molar-refractivity contribution in [2.75, 3.05) is 13.2 Å². The molecule has 110 valence electrons. The number of amides is 1. The van der Waals surface area contributed by atoms with Gasteiger partial charge in [0.2, 0.25) is 0 Å². The van der Waals surface area contributed by atoms with Crippen molar-refractivity contribution in [3.63, 3.8) is 0 Å². The first-order valence-corrected chi connectivity index (χ1v) is 7.76. The molecular formula is C16H16INO3. The van der Waals surface area contributed by atoms with Crippen molar-refractivity contribution in [3.8, 4) is 0 Å². The Morgan fingerprint density at radius 1 is 1.38 bits per heavy atom. The van der Waals surface area contributed by atoms with Crippen LogP contribution in [0, 0.1) is 0 Å². The molecule has 0 unspecified atom stereocenters. The molecule has 1 amide bonds. The number of ether oxygens (including phenoxy) is 1. The van der Waals surface area contributed by atoms with Crippen LogP contribution in [-0.4, -0.2) is 29.9 Å². The number of benzene rings is 1. The zero-order chi connectivity index (χ0) is 15.2. The fourth-order valence-corrected chi connectivity index (χ4v) is 3.12. The van der Waals surface area contributed by atoms with E-state index < -0.39 is 6.09 Å². The van der Waals surface area contributed by atoms with Gasteiger partial charge >= 0.3 is 6.09 Å². The van der Waals surface area contributed by atoms with Gasteiger partial charge in [-0.3, -0.25) is 9.69 Å². The van der Waals surface area contributed by atoms with E-state index in [2.05, 4.69) is 6.58 Å². The van der Waals surface area contributed by atoms with Gasteiger partial charge in [0.15, 0.2) is 5.78 Å². The van der Waals surface area contributed by atoms with Gasteiger partial charge in [0.05, 0.1) is 15.8 Å². The van der Waals surface area contributed by atoms with Crippen molar-refractivity contribution >= 4 is 40.0 Å². The van der Waals surface area contributed by atoms with Crippen LogP contribution in [0.5, 0.6) is 0 Å². The van der Waals surface area contributed by atoms with Crippen LogP contribution in [0.2, 0.25) is 0 Å². The van der Waals surface area contributed by atoms with E-state index >= 15 is 0 Å². The molecule has 0 saturated carbocycles. The summed E-state index contributed by atoms with van der Waals surface area (Å²) in [7, 11) is 0. The maximum atomic E-state index is 12.5. The highest BCUT2D eigenvalue weighted by Crippen LogP contribution is 2.30. The lowest BCUT2D eigenvalue weighted by Crippen LogP contribution is -2.23. The normalized spacial score (nSPS) is 15.5. The maximum Gasteiger partial charge on any atom is 0.414 e. The van der Waals surface area contributed by atoms with Gasteiger partial charge in [-0.15, -0.1) is 6.58 Å². The van der Waals surface area contributed by atoms with Crippen LogP contribution in [0.4, 0.5) is 4.79 Å². The van der Waals surface area contributed by atoms with Gasteiger partial charge in [-0.05, 0) is 34.6 Å². The molecule has 0 bridgehead atoms. The van der Waals surface area contributed by atoms with E-state index in [9.17, 15) is 9.59 Å². The van der Waals surface area contributed by atoms with Crippen LogP contribution >= 0.6 is 22.6 Å². The summed E-state index contributed by atoms with van der Waals surface area (Å²) in [4.78, 5) is 25.8. The quantitative estimate of drug-likeness (QED) is 0.318. The Morgan fingerprint density at radius 2 is 2.10 bits per heavy atom. The molecule has 0 aliphatic carbocycles. The lowest BCUT2D eigenvalue weighted by atomic mass is 9.99. The molecule has 1 saturated heterocycles. The summed E-state index contributed by atoms with van der Waals surface area (Å²) in [5.41, 5.74) is 1.38. The van der Waals surface area contributed by atoms with Gasteiger partial charge in [0.1, 0.15) is 6.61 Å². The zero-order valence-corrected chi connectivity index (χ0v) is 13.7. The van der Waals surface area contributed by atoms with Crippen molar-refractivity contribution in [3.05, 3.63) is 52.3 Å². The summed E-state index contributed by atoms with van der Waals surface area (Å²) in [6.45, 7) is 4.47. The lowest BCUT2D eigenvalue weighted by molar-refractivity contribution is -0.113. The molecule has 0 radical (unpaired) electrons. The Bertz CT molecular complexity index is 580. The zero-order valence-electron chi connectivity index (χ0n) is 11.5. The smallest absolute Gasteiger partial charge is 0.414 e. The number of rotatable bonds is 6. The molecule has 1 heterocycles. The van der Waals surface area contributed by atoms with E-state index in [1.165, 1.54) is 4.90 Å². The Morgan fingerprint density at radius 3 is 2.67 bits per heavy atom. The third-order valence-corrected chi connectivity index (χ3v) is 4.24. The van der Waals surface area contributed by atoms with Crippen molar-refractivity contribution in [1.82, 2.24) is 4.90 Å². The van der Waals surface area contributed by atoms with Gasteiger partial charge in [-0.2, -0.15) is 0 Å². The highest BCUT2D eigenvalue weighted by atomic mass is 127. The van der Waals surface area contributed by atoms with E-state index in [1.54, 1.807) is 6.08 Å². The number of halogens is 1. The number of hydrogen-bond acceptors (Lipinski definition) is 3. The molecule has 21 heavy (non-hydrogen) atoms. The molecule has 5 heteroatoms. The van der Waals surface area contributed by atoms with Gasteiger partial charge < -0.3 is 4.74 Å². The van der Waals surface area contributed by atoms with Crippen molar-refractivity contribution in [2.45, 2.75) is 12.8 Å². The summed E-state index contributed by atoms with van der Waals surface area (Å²) >= 11 is 2.05. The lowest BCUT2D eigenvalue weighted by Gasteiger charge is -2.17. The van der Waals surface area contributed by atoms with E-state index in [1.807, 2.05) is 52.9 Å². The second-order valence-electron chi connectivity index (χ2n) is 4.55. The minimum Gasteiger partial charge on any atom is -0.447 e. The first-order chi connectivity index (χ1) is 10.1. The summed E-state index contributed by atoms with van der Waals surface area (Å²) in [5.74, 6) is 0.00481. The number of ketones is 1. The van der Waals surface area contributed by atoms with Crippen LogP contribution < -0.4 is 0 Å². The van der Waals surface area contributed by atoms with Gasteiger partial charge in [-0.1, -0.05) is 36.4 Å². The highest BCUT2D eigenvalue weighted by molar-refractivity contribution is 14.1. The largest absolute Gasteiger partial charge is 0.447 e. The number of cyclic esters (lactones) is 1. The van der Waals surface area contributed by atoms with Crippen molar-refractivity contribution in [1.29, 1.82) is 0 Å². The molecule has 0 N–H and O–H groups in total. The summed E-state index contributed by atoms with van der Waals surface area (Å²) < 4.78 is 5.57. The van der Waals surface area contributed by atoms with Crippen LogP contribution in [0.3, 0.4) is 0 Å². The van der Waals surface area contributed by atoms with Crippen molar-refractivity contribution in [2.24, 2.45) is 0 Å². The monoisotopic (exact) mass is 397 g/mol. The molecule has 0 spiro atoms. The Balaban J connectivity index is 2.42. The molecule has 2 rings (SSSR count). The second-order valence-corrected chi connectivity index (χ2v) is 5.57. The molecule has 1 aliphatic heterocycles. The first kappa shape index (κ1) is 15.8. The number of nitrogens with zero attached hydrogens (tertiary/aromatic N) is 1. The Kier molecular flexibility index (Phi) is 5.55. The van der Waals surface area contributed by atoms with E-state index in [0.29, 0.717) is 35.3 Å². The van der Waals surface area contributed by atoms with Gasteiger partial charge in [0, 0.05) is 6.42 Å². The highest BCUT2D eigenvalue weighted by Gasteiger charge is 2.28. The predicted octanol–water partition coefficient (Wildman–Crippen LogP) is 3.78. The SMILES string of the molecule is C=CCCC(=O)/C(=C(\I)N1CCOC1=O)c1ccccc1. The van der Waals surface area contributed by atoms with Gasteiger partial charge in [-0.25, -0.2) is 4.79 Å². The molecule has 1 aromatic rings. The Labute approximate surface area is 137 Å². The molecule has 4 nitrogen and oxygen atoms in total. The number of hydrogen-bond donors (Lipinski definition) is 0.